The van der Waals surface area contributed by atoms with Crippen molar-refractivity contribution in [3.05, 3.63) is 77.5 Å². The molecule has 1 amide bonds. The third-order valence-electron chi connectivity index (χ3n) is 6.32. The smallest absolute Gasteiger partial charge is 0.272 e. The Morgan fingerprint density at radius 2 is 2.00 bits per heavy atom. The SMILES string of the molecule is O=C(c1cccc(N2CCc3[nH]cnc3[C@H]2c2cc3c(F)cccn3n2)n1)N1CCCC1. The summed E-state index contributed by atoms with van der Waals surface area (Å²) in [6.07, 6.45) is 6.24. The Labute approximate surface area is 183 Å². The van der Waals surface area contributed by atoms with E-state index in [4.69, 9.17) is 4.98 Å². The third kappa shape index (κ3) is 3.04. The molecule has 4 aromatic rings. The molecule has 162 valence electrons. The molecule has 0 aliphatic carbocycles. The number of hydrogen-bond acceptors (Lipinski definition) is 5. The molecule has 8 nitrogen and oxygen atoms in total. The Kier molecular flexibility index (Phi) is 4.41. The van der Waals surface area contributed by atoms with Gasteiger partial charge in [0.05, 0.1) is 17.7 Å². The molecule has 2 aliphatic rings. The van der Waals surface area contributed by atoms with E-state index in [0.29, 0.717) is 29.3 Å². The van der Waals surface area contributed by atoms with Crippen molar-refractivity contribution in [1.82, 2.24) is 29.5 Å². The Morgan fingerprint density at radius 3 is 2.84 bits per heavy atom. The van der Waals surface area contributed by atoms with Gasteiger partial charge in [-0.3, -0.25) is 4.79 Å². The van der Waals surface area contributed by atoms with Crippen LogP contribution in [0.2, 0.25) is 0 Å². The van der Waals surface area contributed by atoms with Crippen LogP contribution in [0.3, 0.4) is 0 Å². The number of fused-ring (bicyclic) bond motifs is 2. The number of hydrogen-bond donors (Lipinski definition) is 1. The number of pyridine rings is 2. The minimum atomic E-state index is -0.339. The molecule has 2 aliphatic heterocycles. The van der Waals surface area contributed by atoms with Gasteiger partial charge in [0.2, 0.25) is 0 Å². The first-order valence-corrected chi connectivity index (χ1v) is 10.9. The molecule has 0 spiro atoms. The maximum Gasteiger partial charge on any atom is 0.272 e. The Bertz CT molecular complexity index is 1310. The van der Waals surface area contributed by atoms with Gasteiger partial charge in [-0.05, 0) is 43.2 Å². The lowest BCUT2D eigenvalue weighted by atomic mass is 9.99. The van der Waals surface area contributed by atoms with E-state index in [9.17, 15) is 9.18 Å². The minimum absolute atomic E-state index is 0.0341. The molecule has 0 radical (unpaired) electrons. The summed E-state index contributed by atoms with van der Waals surface area (Å²) in [7, 11) is 0. The molecule has 4 aromatic heterocycles. The number of rotatable bonds is 3. The summed E-state index contributed by atoms with van der Waals surface area (Å²) in [5.74, 6) is 0.326. The first-order valence-electron chi connectivity index (χ1n) is 10.9. The van der Waals surface area contributed by atoms with Crippen molar-refractivity contribution in [3.63, 3.8) is 0 Å². The molecule has 0 saturated carbocycles. The molecule has 1 N–H and O–H groups in total. The molecular weight excluding hydrogens is 409 g/mol. The van der Waals surface area contributed by atoms with E-state index in [2.05, 4.69) is 20.0 Å². The number of carbonyl (C=O) groups excluding carboxylic acids is 1. The number of amides is 1. The summed E-state index contributed by atoms with van der Waals surface area (Å²) in [6.45, 7) is 2.23. The molecule has 1 fully saturated rings. The van der Waals surface area contributed by atoms with Gasteiger partial charge in [0.15, 0.2) is 0 Å². The normalized spacial score (nSPS) is 18.3. The molecule has 0 aromatic carbocycles. The van der Waals surface area contributed by atoms with Crippen molar-refractivity contribution in [1.29, 1.82) is 0 Å². The molecule has 0 unspecified atom stereocenters. The van der Waals surface area contributed by atoms with Crippen LogP contribution in [0.5, 0.6) is 0 Å². The van der Waals surface area contributed by atoms with Crippen LogP contribution < -0.4 is 4.90 Å². The van der Waals surface area contributed by atoms with Crippen LogP contribution in [0, 0.1) is 5.82 Å². The summed E-state index contributed by atoms with van der Waals surface area (Å²) < 4.78 is 15.9. The second-order valence-electron chi connectivity index (χ2n) is 8.25. The first kappa shape index (κ1) is 19.0. The number of halogens is 1. The lowest BCUT2D eigenvalue weighted by molar-refractivity contribution is 0.0787. The molecule has 32 heavy (non-hydrogen) atoms. The van der Waals surface area contributed by atoms with Crippen LogP contribution in [-0.2, 0) is 6.42 Å². The largest absolute Gasteiger partial charge is 0.348 e. The van der Waals surface area contributed by atoms with E-state index >= 15 is 0 Å². The standard InChI is InChI=1S/C23H22FN7O/c24-15-5-4-11-31-19(15)13-18(28-31)22-21-16(25-14-26-21)8-12-30(22)20-7-3-6-17(27-20)23(32)29-9-1-2-10-29/h3-7,11,13-14,22H,1-2,8-10,12H2,(H,25,26)/t22-/m1/s1. The van der Waals surface area contributed by atoms with E-state index in [-0.39, 0.29) is 17.8 Å². The van der Waals surface area contributed by atoms with Crippen LogP contribution in [0.1, 0.15) is 46.5 Å². The number of nitrogens with zero attached hydrogens (tertiary/aromatic N) is 6. The highest BCUT2D eigenvalue weighted by Gasteiger charge is 2.34. The number of aromatic nitrogens is 5. The zero-order valence-electron chi connectivity index (χ0n) is 17.4. The average molecular weight is 431 g/mol. The van der Waals surface area contributed by atoms with Gasteiger partial charge in [-0.25, -0.2) is 18.9 Å². The first-order chi connectivity index (χ1) is 15.7. The van der Waals surface area contributed by atoms with Crippen LogP contribution >= 0.6 is 0 Å². The summed E-state index contributed by atoms with van der Waals surface area (Å²) >= 11 is 0. The fourth-order valence-electron chi connectivity index (χ4n) is 4.74. The molecular formula is C23H22FN7O. The summed E-state index contributed by atoms with van der Waals surface area (Å²) in [5, 5.41) is 4.65. The third-order valence-corrected chi connectivity index (χ3v) is 6.32. The second-order valence-corrected chi connectivity index (χ2v) is 8.25. The number of likely N-dealkylation sites (tertiary alicyclic amines) is 1. The van der Waals surface area contributed by atoms with Gasteiger partial charge >= 0.3 is 0 Å². The van der Waals surface area contributed by atoms with Crippen molar-refractivity contribution < 1.29 is 9.18 Å². The predicted octanol–water partition coefficient (Wildman–Crippen LogP) is 2.98. The molecule has 6 heterocycles. The predicted molar refractivity (Wildman–Crippen MR) is 116 cm³/mol. The Hall–Kier alpha value is -3.75. The summed E-state index contributed by atoms with van der Waals surface area (Å²) in [6, 6.07) is 10.0. The van der Waals surface area contributed by atoms with Gasteiger partial charge in [-0.15, -0.1) is 0 Å². The fraction of sp³-hybridized carbons (Fsp3) is 0.304. The van der Waals surface area contributed by atoms with Crippen LogP contribution in [0.25, 0.3) is 5.52 Å². The van der Waals surface area contributed by atoms with E-state index in [1.54, 1.807) is 35.2 Å². The number of carbonyl (C=O) groups is 1. The number of anilines is 1. The molecule has 1 atom stereocenters. The van der Waals surface area contributed by atoms with Crippen LogP contribution in [-0.4, -0.2) is 55.0 Å². The number of imidazole rings is 1. The van der Waals surface area contributed by atoms with Crippen molar-refractivity contribution in [2.75, 3.05) is 24.5 Å². The van der Waals surface area contributed by atoms with Gasteiger partial charge < -0.3 is 14.8 Å². The molecule has 0 bridgehead atoms. The highest BCUT2D eigenvalue weighted by molar-refractivity contribution is 5.92. The average Bonchev–Trinajstić information content (AvgIpc) is 3.58. The number of nitrogens with one attached hydrogen (secondary N) is 1. The maximum absolute atomic E-state index is 14.4. The van der Waals surface area contributed by atoms with Crippen molar-refractivity contribution in [2.45, 2.75) is 25.3 Å². The quantitative estimate of drug-likeness (QED) is 0.539. The maximum atomic E-state index is 14.4. The van der Waals surface area contributed by atoms with Gasteiger partial charge in [-0.2, -0.15) is 5.10 Å². The Balaban J connectivity index is 1.43. The van der Waals surface area contributed by atoms with E-state index in [1.807, 2.05) is 17.0 Å². The zero-order valence-corrected chi connectivity index (χ0v) is 17.4. The lowest BCUT2D eigenvalue weighted by Crippen LogP contribution is -2.37. The van der Waals surface area contributed by atoms with Crippen molar-refractivity contribution in [2.24, 2.45) is 0 Å². The van der Waals surface area contributed by atoms with Crippen molar-refractivity contribution in [3.8, 4) is 0 Å². The molecule has 1 saturated heterocycles. The zero-order chi connectivity index (χ0) is 21.7. The molecule has 9 heteroatoms. The highest BCUT2D eigenvalue weighted by atomic mass is 19.1. The monoisotopic (exact) mass is 431 g/mol. The van der Waals surface area contributed by atoms with E-state index in [1.165, 1.54) is 6.07 Å². The minimum Gasteiger partial charge on any atom is -0.348 e. The topological polar surface area (TPSA) is 82.4 Å². The fourth-order valence-corrected chi connectivity index (χ4v) is 4.74. The number of aromatic amines is 1. The van der Waals surface area contributed by atoms with Gasteiger partial charge in [0.25, 0.3) is 5.91 Å². The Morgan fingerprint density at radius 1 is 1.12 bits per heavy atom. The van der Waals surface area contributed by atoms with Crippen molar-refractivity contribution >= 4 is 17.2 Å². The summed E-state index contributed by atoms with van der Waals surface area (Å²) in [4.78, 5) is 29.4. The number of H-pyrrole nitrogens is 1. The van der Waals surface area contributed by atoms with Gasteiger partial charge in [0, 0.05) is 37.9 Å². The van der Waals surface area contributed by atoms with Gasteiger partial charge in [-0.1, -0.05) is 6.07 Å². The van der Waals surface area contributed by atoms with Crippen LogP contribution in [0.4, 0.5) is 10.2 Å². The van der Waals surface area contributed by atoms with Gasteiger partial charge in [0.1, 0.15) is 28.9 Å². The second kappa shape index (κ2) is 7.44. The van der Waals surface area contributed by atoms with Crippen LogP contribution in [0.15, 0.2) is 48.9 Å². The van der Waals surface area contributed by atoms with E-state index < -0.39 is 0 Å². The lowest BCUT2D eigenvalue weighted by Gasteiger charge is -2.35. The highest BCUT2D eigenvalue weighted by Crippen LogP contribution is 2.36. The van der Waals surface area contributed by atoms with E-state index in [0.717, 1.165) is 43.7 Å². The summed E-state index contributed by atoms with van der Waals surface area (Å²) in [5.41, 5.74) is 3.42. The molecule has 6 rings (SSSR count).